The first-order chi connectivity index (χ1) is 12.1. The maximum atomic E-state index is 12.2. The van der Waals surface area contributed by atoms with E-state index in [0.29, 0.717) is 22.7 Å². The van der Waals surface area contributed by atoms with Crippen LogP contribution in [0.25, 0.3) is 5.65 Å². The van der Waals surface area contributed by atoms with Gasteiger partial charge in [-0.3, -0.25) is 4.79 Å². The molecule has 0 N–H and O–H groups in total. The Morgan fingerprint density at radius 1 is 1.08 bits per heavy atom. The van der Waals surface area contributed by atoms with Crippen molar-refractivity contribution < 1.29 is 23.8 Å². The standard InChI is InChI=1S/C18H16N2O5/c1-23-15-7-6-12(9-16(15)24-2)14(21)11-25-18(22)13-10-20-8-4-3-5-17(20)19-13/h3-10H,11H2,1-2H3. The van der Waals surface area contributed by atoms with E-state index >= 15 is 0 Å². The zero-order valence-electron chi connectivity index (χ0n) is 13.8. The van der Waals surface area contributed by atoms with E-state index in [4.69, 9.17) is 14.2 Å². The highest BCUT2D eigenvalue weighted by Gasteiger charge is 2.16. The Labute approximate surface area is 143 Å². The number of hydrogen-bond acceptors (Lipinski definition) is 6. The fourth-order valence-corrected chi connectivity index (χ4v) is 2.33. The fourth-order valence-electron chi connectivity index (χ4n) is 2.33. The monoisotopic (exact) mass is 340 g/mol. The Kier molecular flexibility index (Phi) is 4.65. The summed E-state index contributed by atoms with van der Waals surface area (Å²) in [6, 6.07) is 10.2. The molecule has 1 aromatic carbocycles. The highest BCUT2D eigenvalue weighted by Crippen LogP contribution is 2.27. The maximum Gasteiger partial charge on any atom is 0.359 e. The molecule has 0 aliphatic rings. The first-order valence-corrected chi connectivity index (χ1v) is 7.48. The molecule has 0 aliphatic heterocycles. The molecule has 0 atom stereocenters. The first kappa shape index (κ1) is 16.5. The van der Waals surface area contributed by atoms with E-state index < -0.39 is 5.97 Å². The van der Waals surface area contributed by atoms with Crippen LogP contribution in [0, 0.1) is 0 Å². The van der Waals surface area contributed by atoms with Crippen LogP contribution in [0.1, 0.15) is 20.8 Å². The van der Waals surface area contributed by atoms with E-state index in [1.165, 1.54) is 14.2 Å². The van der Waals surface area contributed by atoms with Crippen molar-refractivity contribution in [2.24, 2.45) is 0 Å². The summed E-state index contributed by atoms with van der Waals surface area (Å²) in [5.41, 5.74) is 1.13. The smallest absolute Gasteiger partial charge is 0.359 e. The summed E-state index contributed by atoms with van der Waals surface area (Å²) < 4.78 is 17.1. The quantitative estimate of drug-likeness (QED) is 0.506. The number of carbonyl (C=O) groups excluding carboxylic acids is 2. The van der Waals surface area contributed by atoms with Gasteiger partial charge in [-0.1, -0.05) is 6.07 Å². The number of pyridine rings is 1. The topological polar surface area (TPSA) is 79.1 Å². The Morgan fingerprint density at radius 3 is 2.60 bits per heavy atom. The minimum Gasteiger partial charge on any atom is -0.493 e. The molecule has 0 bridgehead atoms. The summed E-state index contributed by atoms with van der Waals surface area (Å²) in [6.07, 6.45) is 3.33. The van der Waals surface area contributed by atoms with E-state index in [1.54, 1.807) is 41.1 Å². The molecule has 7 heteroatoms. The van der Waals surface area contributed by atoms with Crippen LogP contribution in [0.4, 0.5) is 0 Å². The first-order valence-electron chi connectivity index (χ1n) is 7.48. The molecular formula is C18H16N2O5. The Morgan fingerprint density at radius 2 is 1.88 bits per heavy atom. The molecule has 128 valence electrons. The van der Waals surface area contributed by atoms with Gasteiger partial charge >= 0.3 is 5.97 Å². The molecule has 0 amide bonds. The lowest BCUT2D eigenvalue weighted by Crippen LogP contribution is -2.14. The molecule has 0 fully saturated rings. The van der Waals surface area contributed by atoms with Crippen LogP contribution in [0.15, 0.2) is 48.8 Å². The number of ether oxygens (including phenoxy) is 3. The van der Waals surface area contributed by atoms with Crippen molar-refractivity contribution in [1.82, 2.24) is 9.38 Å². The lowest BCUT2D eigenvalue weighted by molar-refractivity contribution is 0.0469. The summed E-state index contributed by atoms with van der Waals surface area (Å²) in [5.74, 6) is -0.0589. The van der Waals surface area contributed by atoms with Crippen molar-refractivity contribution in [3.05, 3.63) is 60.0 Å². The summed E-state index contributed by atoms with van der Waals surface area (Å²) in [4.78, 5) is 28.5. The zero-order valence-corrected chi connectivity index (χ0v) is 13.8. The van der Waals surface area contributed by atoms with Gasteiger partial charge in [0, 0.05) is 18.0 Å². The van der Waals surface area contributed by atoms with Gasteiger partial charge in [-0.05, 0) is 30.3 Å². The van der Waals surface area contributed by atoms with Crippen LogP contribution in [-0.2, 0) is 4.74 Å². The number of aromatic nitrogens is 2. The van der Waals surface area contributed by atoms with Crippen molar-refractivity contribution in [1.29, 1.82) is 0 Å². The van der Waals surface area contributed by atoms with Crippen molar-refractivity contribution in [2.45, 2.75) is 0 Å². The number of fused-ring (bicyclic) bond motifs is 1. The summed E-state index contributed by atoms with van der Waals surface area (Å²) in [5, 5.41) is 0. The van der Waals surface area contributed by atoms with Gasteiger partial charge in [-0.2, -0.15) is 0 Å². The van der Waals surface area contributed by atoms with Gasteiger partial charge in [-0.15, -0.1) is 0 Å². The van der Waals surface area contributed by atoms with Crippen molar-refractivity contribution in [3.8, 4) is 11.5 Å². The summed E-state index contributed by atoms with van der Waals surface area (Å²) in [7, 11) is 2.99. The SMILES string of the molecule is COc1ccc(C(=O)COC(=O)c2cn3ccccc3n2)cc1OC. The normalized spacial score (nSPS) is 10.5. The van der Waals surface area contributed by atoms with Crippen LogP contribution in [-0.4, -0.2) is 42.0 Å². The van der Waals surface area contributed by atoms with E-state index in [-0.39, 0.29) is 18.1 Å². The summed E-state index contributed by atoms with van der Waals surface area (Å²) in [6.45, 7) is -0.387. The molecule has 2 heterocycles. The van der Waals surface area contributed by atoms with Gasteiger partial charge in [-0.25, -0.2) is 9.78 Å². The van der Waals surface area contributed by atoms with E-state index in [1.807, 2.05) is 12.1 Å². The Bertz CT molecular complexity index is 899. The molecule has 7 nitrogen and oxygen atoms in total. The lowest BCUT2D eigenvalue weighted by Gasteiger charge is -2.09. The average molecular weight is 340 g/mol. The minimum absolute atomic E-state index is 0.145. The zero-order chi connectivity index (χ0) is 17.8. The lowest BCUT2D eigenvalue weighted by atomic mass is 10.1. The van der Waals surface area contributed by atoms with Crippen LogP contribution in [0.5, 0.6) is 11.5 Å². The third kappa shape index (κ3) is 3.45. The van der Waals surface area contributed by atoms with E-state index in [0.717, 1.165) is 0 Å². The van der Waals surface area contributed by atoms with Crippen molar-refractivity contribution in [2.75, 3.05) is 20.8 Å². The predicted molar refractivity (Wildman–Crippen MR) is 89.4 cm³/mol. The second-order valence-corrected chi connectivity index (χ2v) is 5.16. The van der Waals surface area contributed by atoms with Crippen LogP contribution in [0.3, 0.4) is 0 Å². The number of benzene rings is 1. The second kappa shape index (κ2) is 7.04. The Hall–Kier alpha value is -3.35. The van der Waals surface area contributed by atoms with Gasteiger partial charge in [0.25, 0.3) is 0 Å². The van der Waals surface area contributed by atoms with Crippen molar-refractivity contribution >= 4 is 17.4 Å². The average Bonchev–Trinajstić information content (AvgIpc) is 3.09. The minimum atomic E-state index is -0.655. The highest BCUT2D eigenvalue weighted by atomic mass is 16.5. The molecule has 3 rings (SSSR count). The molecule has 0 saturated heterocycles. The van der Waals surface area contributed by atoms with Gasteiger partial charge in [0.1, 0.15) is 5.65 Å². The van der Waals surface area contributed by atoms with E-state index in [9.17, 15) is 9.59 Å². The van der Waals surface area contributed by atoms with Crippen molar-refractivity contribution in [3.63, 3.8) is 0 Å². The third-order valence-corrected chi connectivity index (χ3v) is 3.61. The molecule has 0 spiro atoms. The Balaban J connectivity index is 1.68. The van der Waals surface area contributed by atoms with Gasteiger partial charge < -0.3 is 18.6 Å². The number of methoxy groups -OCH3 is 2. The largest absolute Gasteiger partial charge is 0.493 e. The number of ketones is 1. The molecule has 0 unspecified atom stereocenters. The van der Waals surface area contributed by atoms with Gasteiger partial charge in [0.2, 0.25) is 0 Å². The molecule has 0 saturated carbocycles. The third-order valence-electron chi connectivity index (χ3n) is 3.61. The highest BCUT2D eigenvalue weighted by molar-refractivity contribution is 5.99. The number of imidazole rings is 1. The predicted octanol–water partition coefficient (Wildman–Crippen LogP) is 2.39. The molecule has 2 aromatic heterocycles. The number of Topliss-reactive ketones (excluding diaryl/α,β-unsaturated/α-hetero) is 1. The van der Waals surface area contributed by atoms with Gasteiger partial charge in [0.05, 0.1) is 14.2 Å². The van der Waals surface area contributed by atoms with Crippen LogP contribution >= 0.6 is 0 Å². The van der Waals surface area contributed by atoms with Crippen LogP contribution < -0.4 is 9.47 Å². The maximum absolute atomic E-state index is 12.2. The fraction of sp³-hybridized carbons (Fsp3) is 0.167. The van der Waals surface area contributed by atoms with E-state index in [2.05, 4.69) is 4.98 Å². The molecule has 25 heavy (non-hydrogen) atoms. The number of rotatable bonds is 6. The number of carbonyl (C=O) groups is 2. The second-order valence-electron chi connectivity index (χ2n) is 5.16. The number of hydrogen-bond donors (Lipinski definition) is 0. The van der Waals surface area contributed by atoms with Gasteiger partial charge in [0.15, 0.2) is 29.6 Å². The molecule has 3 aromatic rings. The number of nitrogens with zero attached hydrogens (tertiary/aromatic N) is 2. The molecule has 0 aliphatic carbocycles. The molecular weight excluding hydrogens is 324 g/mol. The number of esters is 1. The summed E-state index contributed by atoms with van der Waals surface area (Å²) >= 11 is 0. The van der Waals surface area contributed by atoms with Crippen LogP contribution in [0.2, 0.25) is 0 Å². The molecule has 0 radical (unpaired) electrons.